The summed E-state index contributed by atoms with van der Waals surface area (Å²) in [7, 11) is 0. The van der Waals surface area contributed by atoms with Crippen LogP contribution in [-0.2, 0) is 0 Å². The number of hydrogen-bond acceptors (Lipinski definition) is 6. The predicted molar refractivity (Wildman–Crippen MR) is 76.8 cm³/mol. The first-order valence-electron chi connectivity index (χ1n) is 6.52. The molecule has 1 heterocycles. The van der Waals surface area contributed by atoms with Crippen LogP contribution in [0, 0.1) is 0 Å². The van der Waals surface area contributed by atoms with Crippen LogP contribution in [0.15, 0.2) is 39.7 Å². The van der Waals surface area contributed by atoms with Crippen molar-refractivity contribution >= 4 is 11.0 Å². The van der Waals surface area contributed by atoms with E-state index >= 15 is 0 Å². The van der Waals surface area contributed by atoms with Gasteiger partial charge in [-0.2, -0.15) is 0 Å². The monoisotopic (exact) mass is 292 g/mol. The summed E-state index contributed by atoms with van der Waals surface area (Å²) in [6.07, 6.45) is 3.76. The lowest BCUT2D eigenvalue weighted by Gasteiger charge is -2.08. The number of aliphatic hydroxyl groups excluding tert-OH is 1. The van der Waals surface area contributed by atoms with E-state index in [0.29, 0.717) is 11.1 Å². The summed E-state index contributed by atoms with van der Waals surface area (Å²) in [5.74, 6) is -0.140. The number of fused-ring (bicyclic) bond motifs is 1. The zero-order valence-corrected chi connectivity index (χ0v) is 11.5. The molecule has 2 rings (SSSR count). The summed E-state index contributed by atoms with van der Waals surface area (Å²) >= 11 is 0. The van der Waals surface area contributed by atoms with E-state index in [1.165, 1.54) is 18.4 Å². The molecule has 6 heteroatoms. The lowest BCUT2D eigenvalue weighted by atomic mass is 10.2. The summed E-state index contributed by atoms with van der Waals surface area (Å²) in [6.45, 7) is 1.92. The van der Waals surface area contributed by atoms with Crippen molar-refractivity contribution in [2.75, 3.05) is 13.2 Å². The van der Waals surface area contributed by atoms with Crippen molar-refractivity contribution in [2.24, 2.45) is 0 Å². The summed E-state index contributed by atoms with van der Waals surface area (Å²) in [5, 5.41) is 19.2. The van der Waals surface area contributed by atoms with Crippen molar-refractivity contribution in [2.45, 2.75) is 13.3 Å². The molecule has 0 aliphatic rings. The van der Waals surface area contributed by atoms with Gasteiger partial charge in [-0.25, -0.2) is 4.79 Å². The van der Waals surface area contributed by atoms with Crippen molar-refractivity contribution in [3.05, 3.63) is 41.0 Å². The van der Waals surface area contributed by atoms with Crippen molar-refractivity contribution in [3.8, 4) is 17.2 Å². The Morgan fingerprint density at radius 3 is 2.90 bits per heavy atom. The highest BCUT2D eigenvalue weighted by Gasteiger charge is 2.15. The number of benzene rings is 1. The van der Waals surface area contributed by atoms with Gasteiger partial charge in [0, 0.05) is 0 Å². The van der Waals surface area contributed by atoms with Crippen LogP contribution in [0.1, 0.15) is 13.3 Å². The highest BCUT2D eigenvalue weighted by atomic mass is 16.5. The second-order valence-electron chi connectivity index (χ2n) is 4.20. The van der Waals surface area contributed by atoms with Crippen molar-refractivity contribution in [1.29, 1.82) is 0 Å². The molecular formula is C15H16O6. The molecule has 0 saturated heterocycles. The second-order valence-corrected chi connectivity index (χ2v) is 4.20. The van der Waals surface area contributed by atoms with Crippen molar-refractivity contribution in [1.82, 2.24) is 0 Å². The molecule has 112 valence electrons. The van der Waals surface area contributed by atoms with Gasteiger partial charge in [0.15, 0.2) is 5.75 Å². The molecule has 21 heavy (non-hydrogen) atoms. The maximum atomic E-state index is 11.8. The van der Waals surface area contributed by atoms with Gasteiger partial charge in [-0.05, 0) is 30.7 Å². The smallest absolute Gasteiger partial charge is 0.383 e. The number of hydrogen-bond donors (Lipinski definition) is 2. The van der Waals surface area contributed by atoms with Gasteiger partial charge in [-0.3, -0.25) is 0 Å². The third kappa shape index (κ3) is 3.35. The average molecular weight is 292 g/mol. The van der Waals surface area contributed by atoms with Gasteiger partial charge in [-0.1, -0.05) is 6.92 Å². The van der Waals surface area contributed by atoms with Crippen LogP contribution >= 0.6 is 0 Å². The molecule has 2 N–H and O–H groups in total. The number of aliphatic hydroxyl groups is 1. The molecular weight excluding hydrogens is 276 g/mol. The number of allylic oxidation sites excluding steroid dienone is 1. The minimum absolute atomic E-state index is 0.121. The SMILES string of the molecule is CCC=COc1c(O)c2cc(OCCO)ccc2oc1=O. The molecule has 6 nitrogen and oxygen atoms in total. The van der Waals surface area contributed by atoms with E-state index in [1.54, 1.807) is 12.1 Å². The van der Waals surface area contributed by atoms with Gasteiger partial charge in [0.25, 0.3) is 5.75 Å². The molecule has 0 spiro atoms. The minimum Gasteiger partial charge on any atom is -0.504 e. The molecule has 0 aliphatic heterocycles. The van der Waals surface area contributed by atoms with Crippen LogP contribution in [-0.4, -0.2) is 23.4 Å². The van der Waals surface area contributed by atoms with Gasteiger partial charge in [0.05, 0.1) is 18.3 Å². The summed E-state index contributed by atoms with van der Waals surface area (Å²) in [6, 6.07) is 4.60. The molecule has 2 aromatic rings. The fraction of sp³-hybridized carbons (Fsp3) is 0.267. The fourth-order valence-electron chi connectivity index (χ4n) is 1.72. The maximum Gasteiger partial charge on any atom is 0.383 e. The third-order valence-electron chi connectivity index (χ3n) is 2.69. The average Bonchev–Trinajstić information content (AvgIpc) is 2.49. The number of rotatable bonds is 6. The van der Waals surface area contributed by atoms with Crippen LogP contribution in [0.4, 0.5) is 0 Å². The molecule has 0 unspecified atom stereocenters. The lowest BCUT2D eigenvalue weighted by molar-refractivity contribution is 0.201. The van der Waals surface area contributed by atoms with E-state index in [0.717, 1.165) is 6.42 Å². The standard InChI is InChI=1S/C15H16O6/c1-2-3-7-20-14-13(17)11-9-10(19-8-6-16)4-5-12(11)21-15(14)18/h3-5,7,9,16-17H,2,6,8H2,1H3. The molecule has 0 fully saturated rings. The Hall–Kier alpha value is -2.47. The van der Waals surface area contributed by atoms with E-state index in [1.807, 2.05) is 6.92 Å². The summed E-state index contributed by atoms with van der Waals surface area (Å²) in [4.78, 5) is 11.8. The largest absolute Gasteiger partial charge is 0.504 e. The normalized spacial score (nSPS) is 11.1. The summed E-state index contributed by atoms with van der Waals surface area (Å²) < 4.78 is 15.5. The minimum atomic E-state index is -0.759. The molecule has 0 bridgehead atoms. The van der Waals surface area contributed by atoms with E-state index in [-0.39, 0.29) is 30.3 Å². The van der Waals surface area contributed by atoms with E-state index in [9.17, 15) is 9.90 Å². The van der Waals surface area contributed by atoms with Gasteiger partial charge < -0.3 is 24.1 Å². The van der Waals surface area contributed by atoms with Crippen LogP contribution in [0.5, 0.6) is 17.2 Å². The molecule has 0 atom stereocenters. The van der Waals surface area contributed by atoms with Crippen LogP contribution in [0.25, 0.3) is 11.0 Å². The van der Waals surface area contributed by atoms with E-state index < -0.39 is 5.63 Å². The zero-order valence-electron chi connectivity index (χ0n) is 11.5. The van der Waals surface area contributed by atoms with Crippen molar-refractivity contribution < 1.29 is 24.1 Å². The van der Waals surface area contributed by atoms with E-state index in [2.05, 4.69) is 0 Å². The Kier molecular flexibility index (Phi) is 4.84. The fourth-order valence-corrected chi connectivity index (χ4v) is 1.72. The Morgan fingerprint density at radius 1 is 1.38 bits per heavy atom. The van der Waals surface area contributed by atoms with Gasteiger partial charge in [-0.15, -0.1) is 0 Å². The summed E-state index contributed by atoms with van der Waals surface area (Å²) in [5.41, 5.74) is -0.537. The quantitative estimate of drug-likeness (QED) is 0.626. The van der Waals surface area contributed by atoms with Gasteiger partial charge in [0.2, 0.25) is 0 Å². The molecule has 0 radical (unpaired) electrons. The number of ether oxygens (including phenoxy) is 2. The molecule has 0 aliphatic carbocycles. The maximum absolute atomic E-state index is 11.8. The lowest BCUT2D eigenvalue weighted by Crippen LogP contribution is -2.04. The Bertz CT molecular complexity index is 701. The van der Waals surface area contributed by atoms with Crippen LogP contribution in [0.3, 0.4) is 0 Å². The van der Waals surface area contributed by atoms with Gasteiger partial charge in [0.1, 0.15) is 17.9 Å². The van der Waals surface area contributed by atoms with E-state index in [4.69, 9.17) is 19.0 Å². The predicted octanol–water partition coefficient (Wildman–Crippen LogP) is 2.17. The topological polar surface area (TPSA) is 89.1 Å². The van der Waals surface area contributed by atoms with Crippen molar-refractivity contribution in [3.63, 3.8) is 0 Å². The second kappa shape index (κ2) is 6.81. The zero-order chi connectivity index (χ0) is 15.2. The molecule has 1 aromatic heterocycles. The van der Waals surface area contributed by atoms with Crippen LogP contribution in [0.2, 0.25) is 0 Å². The Labute approximate surface area is 120 Å². The van der Waals surface area contributed by atoms with Crippen LogP contribution < -0.4 is 15.1 Å². The number of aromatic hydroxyl groups is 1. The van der Waals surface area contributed by atoms with Gasteiger partial charge >= 0.3 is 5.63 Å². The first kappa shape index (κ1) is 14.9. The molecule has 0 amide bonds. The highest BCUT2D eigenvalue weighted by molar-refractivity contribution is 5.86. The first-order chi connectivity index (χ1) is 10.2. The Balaban J connectivity index is 2.46. The third-order valence-corrected chi connectivity index (χ3v) is 2.69. The first-order valence-corrected chi connectivity index (χ1v) is 6.52. The Morgan fingerprint density at radius 2 is 2.19 bits per heavy atom. The molecule has 1 aromatic carbocycles. The molecule has 0 saturated carbocycles. The highest BCUT2D eigenvalue weighted by Crippen LogP contribution is 2.33.